The first-order chi connectivity index (χ1) is 11.0. The van der Waals surface area contributed by atoms with Crippen molar-refractivity contribution in [3.05, 3.63) is 65.2 Å². The highest BCUT2D eigenvalue weighted by molar-refractivity contribution is 5.95. The molecule has 1 atom stereocenters. The molecule has 0 aliphatic carbocycles. The van der Waals surface area contributed by atoms with Gasteiger partial charge >= 0.3 is 6.03 Å². The van der Waals surface area contributed by atoms with Gasteiger partial charge in [-0.05, 0) is 55.7 Å². The average Bonchev–Trinajstić information content (AvgIpc) is 2.55. The van der Waals surface area contributed by atoms with Crippen molar-refractivity contribution in [1.29, 1.82) is 0 Å². The van der Waals surface area contributed by atoms with Crippen LogP contribution < -0.4 is 10.6 Å². The number of urea groups is 1. The summed E-state index contributed by atoms with van der Waals surface area (Å²) >= 11 is 0. The van der Waals surface area contributed by atoms with Gasteiger partial charge in [-0.2, -0.15) is 0 Å². The Labute approximate surface area is 136 Å². The number of rotatable bonds is 5. The van der Waals surface area contributed by atoms with E-state index in [1.54, 1.807) is 24.3 Å². The van der Waals surface area contributed by atoms with Crippen LogP contribution in [0.2, 0.25) is 0 Å². The average molecular weight is 310 g/mol. The summed E-state index contributed by atoms with van der Waals surface area (Å²) in [7, 11) is 0. The van der Waals surface area contributed by atoms with Crippen LogP contribution in [0.4, 0.5) is 10.5 Å². The number of hydrogen-bond donors (Lipinski definition) is 2. The smallest absolute Gasteiger partial charge is 0.319 e. The van der Waals surface area contributed by atoms with E-state index in [1.807, 2.05) is 19.1 Å². The van der Waals surface area contributed by atoms with E-state index in [0.717, 1.165) is 12.0 Å². The van der Waals surface area contributed by atoms with Gasteiger partial charge in [0.05, 0.1) is 6.04 Å². The summed E-state index contributed by atoms with van der Waals surface area (Å²) in [4.78, 5) is 23.3. The number of Topliss-reactive ketones (excluding diaryl/α,β-unsaturated/α-hetero) is 1. The van der Waals surface area contributed by atoms with E-state index in [1.165, 1.54) is 12.5 Å². The number of aryl methyl sites for hydroxylation is 1. The highest BCUT2D eigenvalue weighted by Gasteiger charge is 2.09. The van der Waals surface area contributed by atoms with Crippen LogP contribution in [0.1, 0.15) is 48.3 Å². The fraction of sp³-hybridized carbons (Fsp3) is 0.263. The maximum absolute atomic E-state index is 12.0. The first kappa shape index (κ1) is 16.7. The summed E-state index contributed by atoms with van der Waals surface area (Å²) in [6, 6.07) is 14.7. The largest absolute Gasteiger partial charge is 0.331 e. The van der Waals surface area contributed by atoms with Gasteiger partial charge in [-0.15, -0.1) is 0 Å². The Kier molecular flexibility index (Phi) is 5.52. The molecular formula is C19H22N2O2. The van der Waals surface area contributed by atoms with E-state index < -0.39 is 0 Å². The number of carbonyl (C=O) groups excluding carboxylic acids is 2. The minimum Gasteiger partial charge on any atom is -0.331 e. The molecule has 0 fully saturated rings. The molecule has 23 heavy (non-hydrogen) atoms. The van der Waals surface area contributed by atoms with Gasteiger partial charge in [0, 0.05) is 11.3 Å². The highest BCUT2D eigenvalue weighted by atomic mass is 16.2. The van der Waals surface area contributed by atoms with Crippen LogP contribution in [-0.4, -0.2) is 11.8 Å². The van der Waals surface area contributed by atoms with Crippen molar-refractivity contribution in [1.82, 2.24) is 5.32 Å². The molecule has 4 heteroatoms. The predicted octanol–water partition coefficient (Wildman–Crippen LogP) is 4.33. The van der Waals surface area contributed by atoms with E-state index >= 15 is 0 Å². The number of hydrogen-bond acceptors (Lipinski definition) is 2. The third-order valence-corrected chi connectivity index (χ3v) is 3.78. The molecule has 1 unspecified atom stereocenters. The van der Waals surface area contributed by atoms with Gasteiger partial charge < -0.3 is 10.6 Å². The molecule has 2 amide bonds. The first-order valence-electron chi connectivity index (χ1n) is 7.77. The molecule has 0 heterocycles. The van der Waals surface area contributed by atoms with E-state index in [9.17, 15) is 9.59 Å². The third-order valence-electron chi connectivity index (χ3n) is 3.78. The van der Waals surface area contributed by atoms with Crippen LogP contribution in [0, 0.1) is 0 Å². The van der Waals surface area contributed by atoms with E-state index in [2.05, 4.69) is 29.7 Å². The van der Waals surface area contributed by atoms with Crippen LogP contribution in [0.15, 0.2) is 48.5 Å². The van der Waals surface area contributed by atoms with Crippen molar-refractivity contribution in [3.63, 3.8) is 0 Å². The Bertz CT molecular complexity index is 676. The Morgan fingerprint density at radius 1 is 1.00 bits per heavy atom. The van der Waals surface area contributed by atoms with Crippen LogP contribution in [0.25, 0.3) is 0 Å². The zero-order valence-corrected chi connectivity index (χ0v) is 13.7. The van der Waals surface area contributed by atoms with Crippen molar-refractivity contribution in [3.8, 4) is 0 Å². The number of ketones is 1. The fourth-order valence-corrected chi connectivity index (χ4v) is 2.28. The van der Waals surface area contributed by atoms with Crippen molar-refractivity contribution < 1.29 is 9.59 Å². The number of anilines is 1. The third kappa shape index (κ3) is 4.68. The second kappa shape index (κ2) is 7.58. The van der Waals surface area contributed by atoms with Gasteiger partial charge in [0.2, 0.25) is 0 Å². The molecule has 2 aromatic rings. The van der Waals surface area contributed by atoms with E-state index in [0.29, 0.717) is 11.3 Å². The Balaban J connectivity index is 1.93. The monoisotopic (exact) mass is 310 g/mol. The lowest BCUT2D eigenvalue weighted by Gasteiger charge is -2.15. The number of benzene rings is 2. The van der Waals surface area contributed by atoms with Gasteiger partial charge in [-0.1, -0.05) is 31.2 Å². The summed E-state index contributed by atoms with van der Waals surface area (Å²) in [5, 5.41) is 5.67. The van der Waals surface area contributed by atoms with Gasteiger partial charge in [-0.25, -0.2) is 4.79 Å². The van der Waals surface area contributed by atoms with Crippen LogP contribution >= 0.6 is 0 Å². The Hall–Kier alpha value is -2.62. The van der Waals surface area contributed by atoms with Crippen molar-refractivity contribution in [2.45, 2.75) is 33.2 Å². The molecule has 0 bridgehead atoms. The minimum atomic E-state index is -0.271. The molecule has 4 nitrogen and oxygen atoms in total. The van der Waals surface area contributed by atoms with Gasteiger partial charge in [-0.3, -0.25) is 4.79 Å². The predicted molar refractivity (Wildman–Crippen MR) is 92.8 cm³/mol. The summed E-state index contributed by atoms with van der Waals surface area (Å²) in [6.07, 6.45) is 0.999. The van der Waals surface area contributed by atoms with Gasteiger partial charge in [0.1, 0.15) is 0 Å². The molecule has 0 saturated heterocycles. The minimum absolute atomic E-state index is 0.00477. The molecular weight excluding hydrogens is 288 g/mol. The van der Waals surface area contributed by atoms with Crippen LogP contribution in [-0.2, 0) is 6.42 Å². The van der Waals surface area contributed by atoms with Crippen molar-refractivity contribution in [2.75, 3.05) is 5.32 Å². The van der Waals surface area contributed by atoms with Crippen LogP contribution in [0.3, 0.4) is 0 Å². The Morgan fingerprint density at radius 2 is 1.61 bits per heavy atom. The summed E-state index contributed by atoms with van der Waals surface area (Å²) in [5.74, 6) is 0.00477. The molecule has 0 saturated carbocycles. The number of amides is 2. The second-order valence-corrected chi connectivity index (χ2v) is 5.55. The standard InChI is InChI=1S/C19H22N2O2/c1-4-15-5-7-16(8-6-15)13(2)20-19(23)21-18-11-9-17(10-12-18)14(3)22/h5-13H,4H2,1-3H3,(H2,20,21,23). The lowest BCUT2D eigenvalue weighted by Crippen LogP contribution is -2.31. The van der Waals surface area contributed by atoms with Crippen LogP contribution in [0.5, 0.6) is 0 Å². The Morgan fingerprint density at radius 3 is 2.13 bits per heavy atom. The normalized spacial score (nSPS) is 11.6. The zero-order chi connectivity index (χ0) is 16.8. The fourth-order valence-electron chi connectivity index (χ4n) is 2.28. The maximum atomic E-state index is 12.0. The van der Waals surface area contributed by atoms with Gasteiger partial charge in [0.25, 0.3) is 0 Å². The van der Waals surface area contributed by atoms with E-state index in [-0.39, 0.29) is 17.9 Å². The van der Waals surface area contributed by atoms with Gasteiger partial charge in [0.15, 0.2) is 5.78 Å². The molecule has 2 aromatic carbocycles. The van der Waals surface area contributed by atoms with E-state index in [4.69, 9.17) is 0 Å². The molecule has 120 valence electrons. The zero-order valence-electron chi connectivity index (χ0n) is 13.7. The molecule has 2 rings (SSSR count). The quantitative estimate of drug-likeness (QED) is 0.807. The molecule has 0 aliphatic rings. The summed E-state index contributed by atoms with van der Waals surface area (Å²) in [5.41, 5.74) is 3.61. The number of carbonyl (C=O) groups is 2. The summed E-state index contributed by atoms with van der Waals surface area (Å²) < 4.78 is 0. The highest BCUT2D eigenvalue weighted by Crippen LogP contribution is 2.15. The topological polar surface area (TPSA) is 58.2 Å². The maximum Gasteiger partial charge on any atom is 0.319 e. The molecule has 0 aromatic heterocycles. The first-order valence-corrected chi connectivity index (χ1v) is 7.77. The molecule has 0 spiro atoms. The van der Waals surface area contributed by atoms with Crippen molar-refractivity contribution >= 4 is 17.5 Å². The SMILES string of the molecule is CCc1ccc(C(C)NC(=O)Nc2ccc(C(C)=O)cc2)cc1. The summed E-state index contributed by atoms with van der Waals surface area (Å²) in [6.45, 7) is 5.57. The lowest BCUT2D eigenvalue weighted by molar-refractivity contribution is 0.101. The molecule has 0 radical (unpaired) electrons. The van der Waals surface area contributed by atoms with Crippen molar-refractivity contribution in [2.24, 2.45) is 0 Å². The molecule has 2 N–H and O–H groups in total. The second-order valence-electron chi connectivity index (χ2n) is 5.55. The molecule has 0 aliphatic heterocycles. The lowest BCUT2D eigenvalue weighted by atomic mass is 10.1. The number of nitrogens with one attached hydrogen (secondary N) is 2.